The number of rotatable bonds is 3. The fraction of sp³-hybridized carbons (Fsp3) is 0.706. The standard InChI is InChI=1S/C17H24F2N6O/c18-17(19)2-5-25(12-17)15(26)14-10-13(11-22-14)23-6-8-24(9-7-23)16-20-3-1-4-21-16/h1,3-4,13-14,22H,2,5-12H2/t13-,14-/m0/s1/i16+2. The van der Waals surface area contributed by atoms with Crippen molar-refractivity contribution >= 4 is 11.9 Å². The molecular formula is C17H24F2N6O. The highest BCUT2D eigenvalue weighted by molar-refractivity contribution is 5.82. The summed E-state index contributed by atoms with van der Waals surface area (Å²) in [6.45, 7) is 3.90. The largest absolute Gasteiger partial charge is 0.338 e. The topological polar surface area (TPSA) is 64.6 Å². The molecule has 1 amide bonds. The van der Waals surface area contributed by atoms with Gasteiger partial charge in [0, 0.05) is 64.1 Å². The summed E-state index contributed by atoms with van der Waals surface area (Å²) in [7, 11) is 0. The third-order valence-electron chi connectivity index (χ3n) is 5.55. The fourth-order valence-corrected chi connectivity index (χ4v) is 4.07. The maximum absolute atomic E-state index is 13.3. The lowest BCUT2D eigenvalue weighted by Gasteiger charge is -2.37. The maximum atomic E-state index is 13.3. The zero-order valence-corrected chi connectivity index (χ0v) is 14.7. The SMILES string of the molecule is O=C([C@@H]1C[C@H](N2CCN([14c]3ncccn3)CC2)CN1)N1CCC(F)(F)C1. The molecule has 2 atom stereocenters. The molecule has 3 aliphatic rings. The third-order valence-corrected chi connectivity index (χ3v) is 5.55. The Hall–Kier alpha value is -1.87. The van der Waals surface area contributed by atoms with Crippen molar-refractivity contribution in [2.45, 2.75) is 30.8 Å². The van der Waals surface area contributed by atoms with Gasteiger partial charge >= 0.3 is 0 Å². The van der Waals surface area contributed by atoms with Crippen LogP contribution < -0.4 is 10.2 Å². The maximum Gasteiger partial charge on any atom is 0.267 e. The van der Waals surface area contributed by atoms with Crippen molar-refractivity contribution in [2.75, 3.05) is 50.7 Å². The number of piperazine rings is 1. The average Bonchev–Trinajstić information content (AvgIpc) is 3.29. The lowest BCUT2D eigenvalue weighted by molar-refractivity contribution is -0.133. The van der Waals surface area contributed by atoms with Gasteiger partial charge in [0.25, 0.3) is 5.92 Å². The van der Waals surface area contributed by atoms with E-state index in [1.807, 2.05) is 0 Å². The number of amides is 1. The van der Waals surface area contributed by atoms with Gasteiger partial charge in [0.2, 0.25) is 11.9 Å². The molecule has 0 aromatic carbocycles. The summed E-state index contributed by atoms with van der Waals surface area (Å²) in [5.74, 6) is -2.16. The van der Waals surface area contributed by atoms with E-state index in [9.17, 15) is 13.6 Å². The number of carbonyl (C=O) groups is 1. The predicted octanol–water partition coefficient (Wildman–Crippen LogP) is 0.197. The van der Waals surface area contributed by atoms with Crippen LogP contribution in [-0.4, -0.2) is 89.5 Å². The van der Waals surface area contributed by atoms with E-state index in [2.05, 4.69) is 25.1 Å². The van der Waals surface area contributed by atoms with Gasteiger partial charge in [-0.15, -0.1) is 0 Å². The van der Waals surface area contributed by atoms with Crippen molar-refractivity contribution < 1.29 is 13.6 Å². The Balaban J connectivity index is 1.28. The first kappa shape index (κ1) is 17.5. The molecule has 26 heavy (non-hydrogen) atoms. The molecule has 9 heteroatoms. The van der Waals surface area contributed by atoms with Gasteiger partial charge < -0.3 is 15.1 Å². The molecule has 1 N–H and O–H groups in total. The number of alkyl halides is 2. The normalized spacial score (nSPS) is 29.3. The van der Waals surface area contributed by atoms with Crippen molar-refractivity contribution in [2.24, 2.45) is 0 Å². The van der Waals surface area contributed by atoms with E-state index in [0.29, 0.717) is 6.42 Å². The predicted molar refractivity (Wildman–Crippen MR) is 92.2 cm³/mol. The molecule has 1 aromatic heterocycles. The minimum atomic E-state index is -2.73. The fourth-order valence-electron chi connectivity index (χ4n) is 4.07. The second-order valence-corrected chi connectivity index (χ2v) is 7.29. The van der Waals surface area contributed by atoms with Crippen molar-refractivity contribution in [1.29, 1.82) is 0 Å². The number of aromatic nitrogens is 2. The summed E-state index contributed by atoms with van der Waals surface area (Å²) >= 11 is 0. The summed E-state index contributed by atoms with van der Waals surface area (Å²) in [6.07, 6.45) is 3.95. The van der Waals surface area contributed by atoms with Gasteiger partial charge in [-0.3, -0.25) is 9.69 Å². The molecule has 4 rings (SSSR count). The van der Waals surface area contributed by atoms with Crippen molar-refractivity contribution in [3.63, 3.8) is 0 Å². The van der Waals surface area contributed by atoms with Crippen molar-refractivity contribution in [3.05, 3.63) is 18.5 Å². The van der Waals surface area contributed by atoms with Gasteiger partial charge in [0.1, 0.15) is 0 Å². The molecule has 0 spiro atoms. The number of nitrogens with one attached hydrogen (secondary N) is 1. The molecule has 0 aliphatic carbocycles. The Morgan fingerprint density at radius 3 is 2.54 bits per heavy atom. The molecule has 3 fully saturated rings. The van der Waals surface area contributed by atoms with Crippen LogP contribution in [0.25, 0.3) is 0 Å². The second kappa shape index (κ2) is 7.03. The first-order valence-corrected chi connectivity index (χ1v) is 9.18. The van der Waals surface area contributed by atoms with Gasteiger partial charge in [0.05, 0.1) is 12.6 Å². The van der Waals surface area contributed by atoms with E-state index in [0.717, 1.165) is 38.7 Å². The number of hydrogen-bond donors (Lipinski definition) is 1. The zero-order chi connectivity index (χ0) is 18.1. The van der Waals surface area contributed by atoms with Gasteiger partial charge in [-0.2, -0.15) is 0 Å². The second-order valence-electron chi connectivity index (χ2n) is 7.29. The van der Waals surface area contributed by atoms with Crippen LogP contribution in [0, 0.1) is 0 Å². The Morgan fingerprint density at radius 1 is 1.15 bits per heavy atom. The minimum absolute atomic E-state index is 0.157. The molecule has 0 saturated carbocycles. The quantitative estimate of drug-likeness (QED) is 0.822. The van der Waals surface area contributed by atoms with Gasteiger partial charge in [-0.25, -0.2) is 18.7 Å². The van der Waals surface area contributed by atoms with Crippen molar-refractivity contribution in [1.82, 2.24) is 25.1 Å². The van der Waals surface area contributed by atoms with Crippen LogP contribution >= 0.6 is 0 Å². The van der Waals surface area contributed by atoms with Crippen LogP contribution in [0.1, 0.15) is 12.8 Å². The number of nitrogens with zero attached hydrogens (tertiary/aromatic N) is 5. The van der Waals surface area contributed by atoms with Gasteiger partial charge in [0.15, 0.2) is 0 Å². The summed E-state index contributed by atoms with van der Waals surface area (Å²) in [5.41, 5.74) is 0. The van der Waals surface area contributed by atoms with E-state index >= 15 is 0 Å². The van der Waals surface area contributed by atoms with Crippen LogP contribution in [0.3, 0.4) is 0 Å². The molecule has 3 aliphatic heterocycles. The Bertz CT molecular complexity index is 637. The van der Waals surface area contributed by atoms with Crippen LogP contribution in [-0.2, 0) is 4.79 Å². The van der Waals surface area contributed by atoms with Crippen molar-refractivity contribution in [3.8, 4) is 0 Å². The first-order valence-electron chi connectivity index (χ1n) is 9.18. The summed E-state index contributed by atoms with van der Waals surface area (Å²) in [5, 5.41) is 3.23. The number of halogens is 2. The highest BCUT2D eigenvalue weighted by Crippen LogP contribution is 2.28. The van der Waals surface area contributed by atoms with E-state index in [1.165, 1.54) is 4.90 Å². The van der Waals surface area contributed by atoms with E-state index in [1.54, 1.807) is 18.5 Å². The molecule has 0 bridgehead atoms. The van der Waals surface area contributed by atoms with Crippen LogP contribution in [0.5, 0.6) is 0 Å². The van der Waals surface area contributed by atoms with E-state index in [4.69, 9.17) is 0 Å². The average molecular weight is 368 g/mol. The van der Waals surface area contributed by atoms with Crippen LogP contribution in [0.2, 0.25) is 0 Å². The lowest BCUT2D eigenvalue weighted by Crippen LogP contribution is -2.51. The smallest absolute Gasteiger partial charge is 0.267 e. The summed E-state index contributed by atoms with van der Waals surface area (Å²) in [6, 6.07) is 1.73. The molecule has 7 nitrogen and oxygen atoms in total. The van der Waals surface area contributed by atoms with Gasteiger partial charge in [-0.1, -0.05) is 0 Å². The Morgan fingerprint density at radius 2 is 1.88 bits per heavy atom. The Kier molecular flexibility index (Phi) is 4.74. The number of carbonyl (C=O) groups excluding carboxylic acids is 1. The summed E-state index contributed by atoms with van der Waals surface area (Å²) < 4.78 is 26.7. The highest BCUT2D eigenvalue weighted by atomic mass is 19.3. The summed E-state index contributed by atoms with van der Waals surface area (Å²) in [4.78, 5) is 26.9. The molecule has 1 aromatic rings. The lowest BCUT2D eigenvalue weighted by atomic mass is 10.1. The monoisotopic (exact) mass is 368 g/mol. The third kappa shape index (κ3) is 3.64. The molecule has 3 saturated heterocycles. The van der Waals surface area contributed by atoms with E-state index < -0.39 is 12.5 Å². The number of hydrogen-bond acceptors (Lipinski definition) is 6. The van der Waals surface area contributed by atoms with Gasteiger partial charge in [-0.05, 0) is 12.5 Å². The zero-order valence-electron chi connectivity index (χ0n) is 14.7. The number of likely N-dealkylation sites (tertiary alicyclic amines) is 1. The highest BCUT2D eigenvalue weighted by Gasteiger charge is 2.43. The van der Waals surface area contributed by atoms with Crippen LogP contribution in [0.4, 0.5) is 14.7 Å². The minimum Gasteiger partial charge on any atom is -0.338 e. The first-order chi connectivity index (χ1) is 12.5. The molecular weight excluding hydrogens is 344 g/mol. The molecule has 0 radical (unpaired) electrons. The molecule has 4 heterocycles. The Labute approximate surface area is 151 Å². The van der Waals surface area contributed by atoms with E-state index in [-0.39, 0.29) is 31.0 Å². The number of anilines is 1. The molecule has 0 unspecified atom stereocenters. The van der Waals surface area contributed by atoms with Crippen LogP contribution in [0.15, 0.2) is 18.5 Å². The molecule has 142 valence electrons.